The van der Waals surface area contributed by atoms with E-state index in [0.29, 0.717) is 0 Å². The molecule has 0 saturated carbocycles. The average molecular weight is 231 g/mol. The molecule has 0 amide bonds. The Morgan fingerprint density at radius 3 is 2.21 bits per heavy atom. The maximum atomic E-state index is 5.62. The van der Waals surface area contributed by atoms with Crippen LogP contribution in [0.2, 0.25) is 0 Å². The van der Waals surface area contributed by atoms with Gasteiger partial charge in [0.25, 0.3) is 0 Å². The summed E-state index contributed by atoms with van der Waals surface area (Å²) in [6, 6.07) is 0. The van der Waals surface area contributed by atoms with Crippen LogP contribution in [0.25, 0.3) is 0 Å². The Morgan fingerprint density at radius 1 is 1.21 bits per heavy atom. The van der Waals surface area contributed by atoms with Crippen molar-refractivity contribution in [3.63, 3.8) is 0 Å². The van der Waals surface area contributed by atoms with Crippen molar-refractivity contribution in [3.05, 3.63) is 6.92 Å². The minimum Gasteiger partial charge on any atom is -1.00 e. The molecule has 1 saturated heterocycles. The number of rotatable bonds is 5. The number of hydrogen-bond donors (Lipinski definition) is 0. The van der Waals surface area contributed by atoms with E-state index in [1.54, 1.807) is 0 Å². The van der Waals surface area contributed by atoms with E-state index in [4.69, 9.17) is 9.47 Å². The standard InChI is InChI=1S/C10H19O2.ClH.Mg/c1-3-5-7-10(6-4-2)11-8-9-12-10;;/h2-9H2,1H3;1H;/q-1;;+2/p-1. The van der Waals surface area contributed by atoms with Crippen molar-refractivity contribution in [2.45, 2.75) is 44.8 Å². The quantitative estimate of drug-likeness (QED) is 0.453. The summed E-state index contributed by atoms with van der Waals surface area (Å²) in [5.74, 6) is -0.266. The first-order chi connectivity index (χ1) is 5.83. The molecule has 1 aliphatic rings. The van der Waals surface area contributed by atoms with Gasteiger partial charge in [-0.3, -0.25) is 0 Å². The van der Waals surface area contributed by atoms with Crippen molar-refractivity contribution in [2.24, 2.45) is 0 Å². The molecule has 0 radical (unpaired) electrons. The van der Waals surface area contributed by atoms with Gasteiger partial charge in [-0.2, -0.15) is 6.42 Å². The van der Waals surface area contributed by atoms with E-state index in [9.17, 15) is 0 Å². The normalized spacial score (nSPS) is 18.4. The van der Waals surface area contributed by atoms with Crippen molar-refractivity contribution < 1.29 is 21.9 Å². The van der Waals surface area contributed by atoms with Crippen molar-refractivity contribution >= 4 is 23.1 Å². The van der Waals surface area contributed by atoms with Crippen molar-refractivity contribution in [2.75, 3.05) is 13.2 Å². The van der Waals surface area contributed by atoms with E-state index in [0.717, 1.165) is 32.5 Å². The fourth-order valence-electron chi connectivity index (χ4n) is 1.63. The van der Waals surface area contributed by atoms with Gasteiger partial charge < -0.3 is 28.8 Å². The molecular formula is C10H19ClMgO2. The molecule has 0 aromatic heterocycles. The second-order valence-corrected chi connectivity index (χ2v) is 3.31. The van der Waals surface area contributed by atoms with Crippen LogP contribution in [0.3, 0.4) is 0 Å². The van der Waals surface area contributed by atoms with Crippen LogP contribution in [-0.4, -0.2) is 42.1 Å². The number of unbranched alkanes of at least 4 members (excludes halogenated alkanes) is 1. The summed E-state index contributed by atoms with van der Waals surface area (Å²) < 4.78 is 11.2. The Kier molecular flexibility index (Phi) is 11.4. The zero-order valence-electron chi connectivity index (χ0n) is 9.06. The Labute approximate surface area is 110 Å². The second kappa shape index (κ2) is 9.22. The van der Waals surface area contributed by atoms with E-state index in [1.807, 2.05) is 0 Å². The molecule has 0 bridgehead atoms. The molecule has 4 heteroatoms. The monoisotopic (exact) mass is 230 g/mol. The zero-order chi connectivity index (χ0) is 8.86. The SMILES string of the molecule is [CH2-]CCC1(CCCC)OCCO1.[Cl-].[Mg+2]. The van der Waals surface area contributed by atoms with Crippen LogP contribution in [0, 0.1) is 6.92 Å². The minimum absolute atomic E-state index is 0. The van der Waals surface area contributed by atoms with Crippen LogP contribution in [0.5, 0.6) is 0 Å². The molecule has 1 aliphatic heterocycles. The average Bonchev–Trinajstić information content (AvgIpc) is 2.51. The van der Waals surface area contributed by atoms with Gasteiger partial charge in [0, 0.05) is 6.42 Å². The summed E-state index contributed by atoms with van der Waals surface area (Å²) in [4.78, 5) is 0. The number of halogens is 1. The molecule has 1 heterocycles. The van der Waals surface area contributed by atoms with Gasteiger partial charge in [-0.15, -0.1) is 0 Å². The van der Waals surface area contributed by atoms with Gasteiger partial charge >= 0.3 is 23.1 Å². The zero-order valence-corrected chi connectivity index (χ0v) is 11.2. The summed E-state index contributed by atoms with van der Waals surface area (Å²) in [5.41, 5.74) is 0. The van der Waals surface area contributed by atoms with Gasteiger partial charge in [0.1, 0.15) is 0 Å². The van der Waals surface area contributed by atoms with E-state index >= 15 is 0 Å². The predicted molar refractivity (Wildman–Crippen MR) is 54.5 cm³/mol. The van der Waals surface area contributed by atoms with Crippen LogP contribution in [-0.2, 0) is 9.47 Å². The van der Waals surface area contributed by atoms with Gasteiger partial charge in [0.05, 0.1) is 13.2 Å². The van der Waals surface area contributed by atoms with Crippen LogP contribution in [0.15, 0.2) is 0 Å². The van der Waals surface area contributed by atoms with Crippen LogP contribution in [0.4, 0.5) is 0 Å². The van der Waals surface area contributed by atoms with Gasteiger partial charge in [-0.1, -0.05) is 13.3 Å². The summed E-state index contributed by atoms with van der Waals surface area (Å²) in [6.07, 6.45) is 5.24. The molecule has 0 aliphatic carbocycles. The first kappa shape index (κ1) is 17.4. The van der Waals surface area contributed by atoms with Crippen molar-refractivity contribution in [1.29, 1.82) is 0 Å². The Bertz CT molecular complexity index is 127. The molecule has 1 fully saturated rings. The van der Waals surface area contributed by atoms with Crippen molar-refractivity contribution in [1.82, 2.24) is 0 Å². The first-order valence-corrected chi connectivity index (χ1v) is 4.90. The molecule has 0 unspecified atom stereocenters. The van der Waals surface area contributed by atoms with E-state index < -0.39 is 0 Å². The second-order valence-electron chi connectivity index (χ2n) is 3.31. The molecule has 0 atom stereocenters. The first-order valence-electron chi connectivity index (χ1n) is 4.90. The van der Waals surface area contributed by atoms with Crippen LogP contribution >= 0.6 is 0 Å². The van der Waals surface area contributed by atoms with Crippen LogP contribution in [0.1, 0.15) is 39.0 Å². The molecule has 14 heavy (non-hydrogen) atoms. The van der Waals surface area contributed by atoms with Gasteiger partial charge in [0.15, 0.2) is 5.79 Å². The smallest absolute Gasteiger partial charge is 1.00 e. The predicted octanol–water partition coefficient (Wildman–Crippen LogP) is -0.843. The Hall–Kier alpha value is 0.976. The van der Waals surface area contributed by atoms with E-state index in [-0.39, 0.29) is 41.2 Å². The molecule has 1 rings (SSSR count). The molecule has 2 nitrogen and oxygen atoms in total. The third-order valence-corrected chi connectivity index (χ3v) is 2.28. The molecule has 0 aromatic rings. The number of hydrogen-bond acceptors (Lipinski definition) is 2. The summed E-state index contributed by atoms with van der Waals surface area (Å²) in [5, 5.41) is 0. The Balaban J connectivity index is 0. The maximum Gasteiger partial charge on any atom is 2.00 e. The summed E-state index contributed by atoms with van der Waals surface area (Å²) in [7, 11) is 0. The Morgan fingerprint density at radius 2 is 1.79 bits per heavy atom. The molecular weight excluding hydrogens is 212 g/mol. The molecule has 0 spiro atoms. The molecule has 80 valence electrons. The van der Waals surface area contributed by atoms with Crippen molar-refractivity contribution in [3.8, 4) is 0 Å². The largest absolute Gasteiger partial charge is 2.00 e. The molecule has 0 N–H and O–H groups in total. The minimum atomic E-state index is -0.266. The fourth-order valence-corrected chi connectivity index (χ4v) is 1.63. The third kappa shape index (κ3) is 5.17. The van der Waals surface area contributed by atoms with Gasteiger partial charge in [-0.05, 0) is 12.8 Å². The van der Waals surface area contributed by atoms with Crippen LogP contribution < -0.4 is 12.4 Å². The molecule has 0 aromatic carbocycles. The number of ether oxygens (including phenoxy) is 2. The van der Waals surface area contributed by atoms with Gasteiger partial charge in [0.2, 0.25) is 0 Å². The third-order valence-electron chi connectivity index (χ3n) is 2.28. The van der Waals surface area contributed by atoms with E-state index in [2.05, 4.69) is 13.8 Å². The van der Waals surface area contributed by atoms with Gasteiger partial charge in [-0.25, -0.2) is 0 Å². The topological polar surface area (TPSA) is 18.5 Å². The fraction of sp³-hybridized carbons (Fsp3) is 0.900. The summed E-state index contributed by atoms with van der Waals surface area (Å²) >= 11 is 0. The maximum absolute atomic E-state index is 5.62. The van der Waals surface area contributed by atoms with E-state index in [1.165, 1.54) is 12.8 Å². The summed E-state index contributed by atoms with van der Waals surface area (Å²) in [6.45, 7) is 7.54.